The van der Waals surface area contributed by atoms with Crippen LogP contribution in [0.3, 0.4) is 0 Å². The topological polar surface area (TPSA) is 74.5 Å². The summed E-state index contributed by atoms with van der Waals surface area (Å²) < 4.78 is 18.1. The molecule has 8 nitrogen and oxygen atoms in total. The first kappa shape index (κ1) is 19.6. The average molecular weight is 375 g/mol. The first-order chi connectivity index (χ1) is 13.2. The van der Waals surface area contributed by atoms with Crippen LogP contribution in [0.5, 0.6) is 11.5 Å². The minimum Gasteiger partial charge on any atom is -0.497 e. The van der Waals surface area contributed by atoms with Crippen LogP contribution in [0.25, 0.3) is 0 Å². The van der Waals surface area contributed by atoms with Gasteiger partial charge in [0.15, 0.2) is 5.82 Å². The third kappa shape index (κ3) is 4.39. The molecule has 27 heavy (non-hydrogen) atoms. The molecular weight excluding hydrogens is 346 g/mol. The molecule has 0 N–H and O–H groups in total. The zero-order valence-electron chi connectivity index (χ0n) is 16.6. The van der Waals surface area contributed by atoms with Crippen LogP contribution in [0.2, 0.25) is 0 Å². The summed E-state index contributed by atoms with van der Waals surface area (Å²) in [5.41, 5.74) is 1.04. The molecule has 1 aromatic heterocycles. The summed E-state index contributed by atoms with van der Waals surface area (Å²) in [7, 11) is 5.02. The van der Waals surface area contributed by atoms with Gasteiger partial charge in [0.2, 0.25) is 0 Å². The Kier molecular flexibility index (Phi) is 6.63. The lowest BCUT2D eigenvalue weighted by Crippen LogP contribution is -2.38. The van der Waals surface area contributed by atoms with E-state index in [1.807, 2.05) is 16.8 Å². The SMILES string of the molecule is COCCn1nnnc1C(c1ccc(OC)cc1OC)N1CCC(C)CC1. The fourth-order valence-corrected chi connectivity index (χ4v) is 3.57. The molecule has 2 heterocycles. The number of methoxy groups -OCH3 is 3. The van der Waals surface area contributed by atoms with Gasteiger partial charge >= 0.3 is 0 Å². The van der Waals surface area contributed by atoms with Crippen molar-refractivity contribution in [1.82, 2.24) is 25.1 Å². The van der Waals surface area contributed by atoms with Crippen molar-refractivity contribution in [1.29, 1.82) is 0 Å². The van der Waals surface area contributed by atoms with Gasteiger partial charge in [0, 0.05) is 18.7 Å². The van der Waals surface area contributed by atoms with Crippen molar-refractivity contribution in [2.24, 2.45) is 5.92 Å². The van der Waals surface area contributed by atoms with E-state index in [1.165, 1.54) is 0 Å². The van der Waals surface area contributed by atoms with Crippen molar-refractivity contribution < 1.29 is 14.2 Å². The summed E-state index contributed by atoms with van der Waals surface area (Å²) >= 11 is 0. The lowest BCUT2D eigenvalue weighted by atomic mass is 9.95. The van der Waals surface area contributed by atoms with E-state index in [0.29, 0.717) is 13.2 Å². The molecule has 0 aliphatic carbocycles. The minimum atomic E-state index is -0.0785. The largest absolute Gasteiger partial charge is 0.497 e. The molecule has 1 atom stereocenters. The number of ether oxygens (including phenoxy) is 3. The number of rotatable bonds is 8. The highest BCUT2D eigenvalue weighted by molar-refractivity contribution is 5.44. The first-order valence-corrected chi connectivity index (χ1v) is 9.38. The molecule has 1 unspecified atom stereocenters. The van der Waals surface area contributed by atoms with Gasteiger partial charge in [-0.1, -0.05) is 6.92 Å². The van der Waals surface area contributed by atoms with Gasteiger partial charge in [-0.3, -0.25) is 4.90 Å². The second-order valence-corrected chi connectivity index (χ2v) is 6.98. The molecule has 0 saturated carbocycles. The highest BCUT2D eigenvalue weighted by Crippen LogP contribution is 2.37. The Morgan fingerprint density at radius 3 is 2.59 bits per heavy atom. The maximum absolute atomic E-state index is 5.69. The van der Waals surface area contributed by atoms with E-state index in [-0.39, 0.29) is 6.04 Å². The molecule has 1 fully saturated rings. The smallest absolute Gasteiger partial charge is 0.173 e. The molecule has 1 aliphatic heterocycles. The summed E-state index contributed by atoms with van der Waals surface area (Å²) in [6.45, 7) is 5.47. The Balaban J connectivity index is 2.02. The summed E-state index contributed by atoms with van der Waals surface area (Å²) in [5.74, 6) is 3.09. The van der Waals surface area contributed by atoms with E-state index >= 15 is 0 Å². The molecule has 1 aromatic carbocycles. The van der Waals surface area contributed by atoms with E-state index in [4.69, 9.17) is 14.2 Å². The van der Waals surface area contributed by atoms with Crippen LogP contribution in [-0.2, 0) is 11.3 Å². The summed E-state index contributed by atoms with van der Waals surface area (Å²) in [6, 6.07) is 5.85. The maximum Gasteiger partial charge on any atom is 0.173 e. The van der Waals surface area contributed by atoms with Crippen LogP contribution in [-0.4, -0.2) is 66.1 Å². The maximum atomic E-state index is 5.69. The Morgan fingerprint density at radius 2 is 1.93 bits per heavy atom. The van der Waals surface area contributed by atoms with Gasteiger partial charge in [0.1, 0.15) is 17.5 Å². The average Bonchev–Trinajstić information content (AvgIpc) is 3.16. The van der Waals surface area contributed by atoms with E-state index < -0.39 is 0 Å². The van der Waals surface area contributed by atoms with Crippen molar-refractivity contribution in [2.75, 3.05) is 41.0 Å². The molecule has 148 valence electrons. The van der Waals surface area contributed by atoms with Crippen LogP contribution in [0.15, 0.2) is 18.2 Å². The zero-order chi connectivity index (χ0) is 19.2. The third-order valence-electron chi connectivity index (χ3n) is 5.23. The van der Waals surface area contributed by atoms with Crippen molar-refractivity contribution in [3.05, 3.63) is 29.6 Å². The highest BCUT2D eigenvalue weighted by Gasteiger charge is 2.32. The van der Waals surface area contributed by atoms with Gasteiger partial charge in [-0.25, -0.2) is 4.68 Å². The Labute approximate surface area is 160 Å². The molecule has 1 saturated heterocycles. The predicted molar refractivity (Wildman–Crippen MR) is 101 cm³/mol. The van der Waals surface area contributed by atoms with Gasteiger partial charge in [0.05, 0.1) is 27.4 Å². The van der Waals surface area contributed by atoms with E-state index in [9.17, 15) is 0 Å². The van der Waals surface area contributed by atoms with E-state index in [2.05, 4.69) is 33.4 Å². The second kappa shape index (κ2) is 9.14. The Hall–Kier alpha value is -2.19. The number of likely N-dealkylation sites (tertiary alicyclic amines) is 1. The van der Waals surface area contributed by atoms with Crippen LogP contribution in [0.1, 0.15) is 37.2 Å². The van der Waals surface area contributed by atoms with Gasteiger partial charge < -0.3 is 14.2 Å². The minimum absolute atomic E-state index is 0.0785. The number of hydrogen-bond acceptors (Lipinski definition) is 7. The van der Waals surface area contributed by atoms with Crippen LogP contribution < -0.4 is 9.47 Å². The molecule has 2 aromatic rings. The fourth-order valence-electron chi connectivity index (χ4n) is 3.57. The van der Waals surface area contributed by atoms with Crippen molar-refractivity contribution in [3.8, 4) is 11.5 Å². The number of nitrogens with zero attached hydrogens (tertiary/aromatic N) is 5. The number of tetrazole rings is 1. The van der Waals surface area contributed by atoms with E-state index in [1.54, 1.807) is 21.3 Å². The fraction of sp³-hybridized carbons (Fsp3) is 0.632. The van der Waals surface area contributed by atoms with E-state index in [0.717, 1.165) is 54.7 Å². The molecule has 3 rings (SSSR count). The number of piperidine rings is 1. The summed E-state index contributed by atoms with van der Waals surface area (Å²) in [4.78, 5) is 2.44. The number of hydrogen-bond donors (Lipinski definition) is 0. The zero-order valence-corrected chi connectivity index (χ0v) is 16.6. The number of benzene rings is 1. The molecular formula is C19H29N5O3. The van der Waals surface area contributed by atoms with Gasteiger partial charge in [-0.15, -0.1) is 5.10 Å². The quantitative estimate of drug-likeness (QED) is 0.700. The lowest BCUT2D eigenvalue weighted by molar-refractivity contribution is 0.143. The molecule has 0 bridgehead atoms. The van der Waals surface area contributed by atoms with Gasteiger partial charge in [0.25, 0.3) is 0 Å². The second-order valence-electron chi connectivity index (χ2n) is 6.98. The molecule has 8 heteroatoms. The highest BCUT2D eigenvalue weighted by atomic mass is 16.5. The standard InChI is InChI=1S/C19H29N5O3/c1-14-7-9-23(10-8-14)18(19-20-21-22-24(19)11-12-25-2)16-6-5-15(26-3)13-17(16)27-4/h5-6,13-14,18H,7-12H2,1-4H3. The predicted octanol–water partition coefficient (Wildman–Crippen LogP) is 2.16. The van der Waals surface area contributed by atoms with Crippen LogP contribution >= 0.6 is 0 Å². The van der Waals surface area contributed by atoms with Crippen molar-refractivity contribution >= 4 is 0 Å². The van der Waals surface area contributed by atoms with Gasteiger partial charge in [-0.2, -0.15) is 0 Å². The summed E-state index contributed by atoms with van der Waals surface area (Å²) in [5, 5.41) is 12.5. The number of aromatic nitrogens is 4. The first-order valence-electron chi connectivity index (χ1n) is 9.38. The Bertz CT molecular complexity index is 728. The lowest BCUT2D eigenvalue weighted by Gasteiger charge is -2.36. The third-order valence-corrected chi connectivity index (χ3v) is 5.23. The van der Waals surface area contributed by atoms with Crippen molar-refractivity contribution in [3.63, 3.8) is 0 Å². The van der Waals surface area contributed by atoms with Crippen molar-refractivity contribution in [2.45, 2.75) is 32.4 Å². The van der Waals surface area contributed by atoms with Crippen LogP contribution in [0.4, 0.5) is 0 Å². The Morgan fingerprint density at radius 1 is 1.15 bits per heavy atom. The molecule has 0 amide bonds. The van der Waals surface area contributed by atoms with Crippen LogP contribution in [0, 0.1) is 5.92 Å². The monoisotopic (exact) mass is 375 g/mol. The van der Waals surface area contributed by atoms with Gasteiger partial charge in [-0.05, 0) is 54.4 Å². The molecule has 1 aliphatic rings. The normalized spacial score (nSPS) is 17.0. The molecule has 0 spiro atoms. The summed E-state index contributed by atoms with van der Waals surface area (Å²) in [6.07, 6.45) is 2.32. The molecule has 0 radical (unpaired) electrons.